The Bertz CT molecular complexity index is 1090. The van der Waals surface area contributed by atoms with Gasteiger partial charge >= 0.3 is 5.97 Å². The number of rotatable bonds is 5. The molecule has 0 saturated carbocycles. The predicted octanol–water partition coefficient (Wildman–Crippen LogP) is 4.49. The number of carbonyl (C=O) groups is 1. The number of aromatic carboxylic acids is 1. The van der Waals surface area contributed by atoms with Crippen LogP contribution in [0.1, 0.15) is 15.9 Å². The van der Waals surface area contributed by atoms with Crippen LogP contribution in [0.15, 0.2) is 76.1 Å². The van der Waals surface area contributed by atoms with Gasteiger partial charge in [0.25, 0.3) is 0 Å². The fraction of sp³-hybridized carbons (Fsp3) is 0.0500. The molecule has 0 aliphatic rings. The molecule has 5 nitrogen and oxygen atoms in total. The van der Waals surface area contributed by atoms with Crippen molar-refractivity contribution in [2.45, 2.75) is 10.6 Å². The van der Waals surface area contributed by atoms with Crippen LogP contribution in [-0.4, -0.2) is 24.6 Å². The van der Waals surface area contributed by atoms with Crippen molar-refractivity contribution in [2.24, 2.45) is 0 Å². The molecule has 0 fully saturated rings. The minimum absolute atomic E-state index is 0.0480. The molecular formula is C20H15BrO5S. The number of benzene rings is 3. The van der Waals surface area contributed by atoms with Gasteiger partial charge in [-0.3, -0.25) is 0 Å². The van der Waals surface area contributed by atoms with Crippen LogP contribution in [0.25, 0.3) is 11.1 Å². The molecule has 0 saturated heterocycles. The average molecular weight is 447 g/mol. The molecule has 0 aromatic heterocycles. The molecule has 138 valence electrons. The first kappa shape index (κ1) is 19.1. The highest BCUT2D eigenvalue weighted by Gasteiger charge is 2.20. The van der Waals surface area contributed by atoms with Crippen LogP contribution in [0.3, 0.4) is 0 Å². The highest BCUT2D eigenvalue weighted by molar-refractivity contribution is 9.10. The van der Waals surface area contributed by atoms with Crippen LogP contribution in [0, 0.1) is 0 Å². The Labute approximate surface area is 165 Å². The fourth-order valence-electron chi connectivity index (χ4n) is 2.67. The summed E-state index contributed by atoms with van der Waals surface area (Å²) in [5, 5.41) is 19.1. The first-order valence-electron chi connectivity index (χ1n) is 7.91. The lowest BCUT2D eigenvalue weighted by Crippen LogP contribution is -2.07. The molecule has 0 aliphatic heterocycles. The maximum Gasteiger partial charge on any atom is 0.339 e. The zero-order valence-electron chi connectivity index (χ0n) is 14.0. The van der Waals surface area contributed by atoms with Gasteiger partial charge in [0.1, 0.15) is 11.3 Å². The second-order valence-electron chi connectivity index (χ2n) is 5.91. The van der Waals surface area contributed by atoms with Crippen LogP contribution in [-0.2, 0) is 15.6 Å². The monoisotopic (exact) mass is 446 g/mol. The third-order valence-electron chi connectivity index (χ3n) is 4.09. The first-order chi connectivity index (χ1) is 12.8. The molecule has 3 rings (SSSR count). The molecular weight excluding hydrogens is 432 g/mol. The molecule has 2 N–H and O–H groups in total. The highest BCUT2D eigenvalue weighted by atomic mass is 79.9. The van der Waals surface area contributed by atoms with Crippen molar-refractivity contribution >= 4 is 31.7 Å². The molecule has 0 spiro atoms. The van der Waals surface area contributed by atoms with Crippen LogP contribution in [0.4, 0.5) is 0 Å². The molecule has 0 heterocycles. The van der Waals surface area contributed by atoms with Crippen molar-refractivity contribution in [2.75, 3.05) is 0 Å². The summed E-state index contributed by atoms with van der Waals surface area (Å²) in [6, 6.07) is 18.1. The second kappa shape index (κ2) is 7.54. The van der Waals surface area contributed by atoms with Gasteiger partial charge in [-0.1, -0.05) is 52.3 Å². The molecule has 27 heavy (non-hydrogen) atoms. The Hall–Kier alpha value is -2.64. The first-order valence-corrected chi connectivity index (χ1v) is 10.4. The number of carboxylic acid groups (broad SMARTS) is 1. The molecule has 0 atom stereocenters. The lowest BCUT2D eigenvalue weighted by molar-refractivity contribution is 0.0693. The zero-order valence-corrected chi connectivity index (χ0v) is 16.4. The molecule has 3 aromatic rings. The summed E-state index contributed by atoms with van der Waals surface area (Å²) in [4.78, 5) is 11.2. The summed E-state index contributed by atoms with van der Waals surface area (Å²) in [7, 11) is -3.74. The molecule has 3 aromatic carbocycles. The summed E-state index contributed by atoms with van der Waals surface area (Å²) < 4.78 is 26.3. The van der Waals surface area contributed by atoms with Crippen LogP contribution in [0.2, 0.25) is 0 Å². The average Bonchev–Trinajstić information content (AvgIpc) is 2.64. The Morgan fingerprint density at radius 3 is 2.00 bits per heavy atom. The van der Waals surface area contributed by atoms with Crippen molar-refractivity contribution in [1.82, 2.24) is 0 Å². The van der Waals surface area contributed by atoms with Gasteiger partial charge in [0, 0.05) is 10.0 Å². The number of hydrogen-bond acceptors (Lipinski definition) is 4. The summed E-state index contributed by atoms with van der Waals surface area (Å²) in [6.45, 7) is 0. The van der Waals surface area contributed by atoms with E-state index in [2.05, 4.69) is 15.9 Å². The molecule has 0 bridgehead atoms. The van der Waals surface area contributed by atoms with Crippen molar-refractivity contribution in [3.8, 4) is 16.9 Å². The molecule has 7 heteroatoms. The van der Waals surface area contributed by atoms with E-state index < -0.39 is 27.3 Å². The number of sulfone groups is 1. The van der Waals surface area contributed by atoms with Gasteiger partial charge in [-0.05, 0) is 41.5 Å². The van der Waals surface area contributed by atoms with Gasteiger partial charge in [0.15, 0.2) is 9.84 Å². The fourth-order valence-corrected chi connectivity index (χ4v) is 4.29. The van der Waals surface area contributed by atoms with Gasteiger partial charge in [-0.25, -0.2) is 13.2 Å². The number of phenols is 1. The minimum Gasteiger partial charge on any atom is -0.507 e. The number of aromatic hydroxyl groups is 1. The van der Waals surface area contributed by atoms with Gasteiger partial charge < -0.3 is 10.2 Å². The third-order valence-corrected chi connectivity index (χ3v) is 6.30. The van der Waals surface area contributed by atoms with Crippen molar-refractivity contribution < 1.29 is 23.4 Å². The van der Waals surface area contributed by atoms with E-state index in [1.165, 1.54) is 30.3 Å². The Balaban J connectivity index is 1.88. The highest BCUT2D eigenvalue weighted by Crippen LogP contribution is 2.28. The van der Waals surface area contributed by atoms with Crippen molar-refractivity contribution in [3.63, 3.8) is 0 Å². The number of hydrogen-bond donors (Lipinski definition) is 2. The largest absolute Gasteiger partial charge is 0.507 e. The normalized spacial score (nSPS) is 11.3. The molecule has 0 aliphatic carbocycles. The Kier molecular flexibility index (Phi) is 5.34. The summed E-state index contributed by atoms with van der Waals surface area (Å²) in [6.07, 6.45) is 0. The topological polar surface area (TPSA) is 91.7 Å². The quantitative estimate of drug-likeness (QED) is 0.601. The van der Waals surface area contributed by atoms with E-state index in [1.54, 1.807) is 12.1 Å². The second-order valence-corrected chi connectivity index (χ2v) is 8.81. The summed E-state index contributed by atoms with van der Waals surface area (Å²) in [5.41, 5.74) is 1.55. The summed E-state index contributed by atoms with van der Waals surface area (Å²) >= 11 is 3.37. The van der Waals surface area contributed by atoms with Gasteiger partial charge in [0.2, 0.25) is 0 Å². The minimum atomic E-state index is -3.74. The third kappa shape index (κ3) is 4.20. The predicted molar refractivity (Wildman–Crippen MR) is 106 cm³/mol. The van der Waals surface area contributed by atoms with E-state index in [1.807, 2.05) is 24.3 Å². The Morgan fingerprint density at radius 1 is 0.889 bits per heavy atom. The molecule has 0 unspecified atom stereocenters. The Morgan fingerprint density at radius 2 is 1.44 bits per heavy atom. The summed E-state index contributed by atoms with van der Waals surface area (Å²) in [5.74, 6) is -2.33. The van der Waals surface area contributed by atoms with Crippen LogP contribution in [0.5, 0.6) is 5.75 Å². The number of para-hydroxylation sites is 1. The van der Waals surface area contributed by atoms with Crippen LogP contribution < -0.4 is 0 Å². The number of halogens is 1. The van der Waals surface area contributed by atoms with E-state index >= 15 is 0 Å². The lowest BCUT2D eigenvalue weighted by Gasteiger charge is -2.09. The van der Waals surface area contributed by atoms with E-state index in [-0.39, 0.29) is 16.0 Å². The standard InChI is InChI=1S/C20H15BrO5S/c21-16-8-4-13(5-9-16)14-6-10-17(11-7-14)27(25,26)12-15-2-1-3-18(19(15)22)20(23)24/h1-11,22H,12H2,(H,23,24). The van der Waals surface area contributed by atoms with E-state index in [9.17, 15) is 18.3 Å². The van der Waals surface area contributed by atoms with Gasteiger partial charge in [-0.15, -0.1) is 0 Å². The molecule has 0 amide bonds. The van der Waals surface area contributed by atoms with E-state index in [0.29, 0.717) is 0 Å². The smallest absolute Gasteiger partial charge is 0.339 e. The SMILES string of the molecule is O=C(O)c1cccc(CS(=O)(=O)c2ccc(-c3ccc(Br)cc3)cc2)c1O. The van der Waals surface area contributed by atoms with E-state index in [4.69, 9.17) is 5.11 Å². The van der Waals surface area contributed by atoms with Crippen molar-refractivity contribution in [1.29, 1.82) is 0 Å². The maximum atomic E-state index is 12.7. The molecule has 0 radical (unpaired) electrons. The van der Waals surface area contributed by atoms with Crippen molar-refractivity contribution in [3.05, 3.63) is 82.3 Å². The number of carboxylic acids is 1. The van der Waals surface area contributed by atoms with Crippen LogP contribution >= 0.6 is 15.9 Å². The zero-order chi connectivity index (χ0) is 19.6. The van der Waals surface area contributed by atoms with Gasteiger partial charge in [0.05, 0.1) is 10.6 Å². The van der Waals surface area contributed by atoms with E-state index in [0.717, 1.165) is 15.6 Å². The maximum absolute atomic E-state index is 12.7. The van der Waals surface area contributed by atoms with Gasteiger partial charge in [-0.2, -0.15) is 0 Å². The lowest BCUT2D eigenvalue weighted by atomic mass is 10.1.